The van der Waals surface area contributed by atoms with E-state index in [4.69, 9.17) is 16.7 Å². The van der Waals surface area contributed by atoms with Crippen LogP contribution < -0.4 is 0 Å². The van der Waals surface area contributed by atoms with Crippen LogP contribution in [-0.4, -0.2) is 11.1 Å². The largest absolute Gasteiger partial charge is 0.481 e. The molecule has 2 nitrogen and oxygen atoms in total. The average Bonchev–Trinajstić information content (AvgIpc) is 1.96. The molecule has 3 heteroatoms. The highest BCUT2D eigenvalue weighted by atomic mass is 35.5. The van der Waals surface area contributed by atoms with E-state index in [0.29, 0.717) is 5.92 Å². The summed E-state index contributed by atoms with van der Waals surface area (Å²) in [6.07, 6.45) is 2.77. The molecule has 0 aliphatic heterocycles. The molecule has 0 bridgehead atoms. The molecule has 0 radical (unpaired) electrons. The minimum atomic E-state index is -0.739. The topological polar surface area (TPSA) is 37.3 Å². The zero-order chi connectivity index (χ0) is 9.56. The fourth-order valence-electron chi connectivity index (χ4n) is 1.04. The third kappa shape index (κ3) is 5.19. The molecule has 1 N–H and O–H groups in total. The maximum Gasteiger partial charge on any atom is 0.303 e. The van der Waals surface area contributed by atoms with E-state index in [1.807, 2.05) is 13.8 Å². The first kappa shape index (κ1) is 11.5. The van der Waals surface area contributed by atoms with Crippen molar-refractivity contribution >= 4 is 17.6 Å². The van der Waals surface area contributed by atoms with Crippen molar-refractivity contribution in [2.45, 2.75) is 26.7 Å². The van der Waals surface area contributed by atoms with E-state index >= 15 is 0 Å². The van der Waals surface area contributed by atoms with Gasteiger partial charge in [-0.05, 0) is 18.3 Å². The van der Waals surface area contributed by atoms with Gasteiger partial charge >= 0.3 is 5.97 Å². The summed E-state index contributed by atoms with van der Waals surface area (Å²) < 4.78 is 0. The van der Waals surface area contributed by atoms with Crippen LogP contribution in [-0.2, 0) is 4.79 Å². The molecule has 0 fully saturated rings. The smallest absolute Gasteiger partial charge is 0.303 e. The minimum Gasteiger partial charge on any atom is -0.481 e. The lowest BCUT2D eigenvalue weighted by molar-refractivity contribution is -0.138. The van der Waals surface area contributed by atoms with Crippen molar-refractivity contribution in [2.24, 2.45) is 11.8 Å². The van der Waals surface area contributed by atoms with Gasteiger partial charge in [-0.1, -0.05) is 31.5 Å². The molecule has 0 rings (SSSR count). The van der Waals surface area contributed by atoms with Gasteiger partial charge in [0.2, 0.25) is 0 Å². The van der Waals surface area contributed by atoms with Crippen LogP contribution in [0.2, 0.25) is 0 Å². The van der Waals surface area contributed by atoms with Crippen LogP contribution in [0.15, 0.2) is 11.6 Å². The molecule has 0 aromatic rings. The Morgan fingerprint density at radius 2 is 2.17 bits per heavy atom. The first-order chi connectivity index (χ1) is 5.57. The van der Waals surface area contributed by atoms with Crippen LogP contribution in [0.25, 0.3) is 0 Å². The predicted octanol–water partition coefficient (Wildman–Crippen LogP) is 2.88. The van der Waals surface area contributed by atoms with Crippen LogP contribution in [0.4, 0.5) is 0 Å². The molecule has 12 heavy (non-hydrogen) atoms. The molecule has 0 heterocycles. The van der Waals surface area contributed by atoms with Crippen molar-refractivity contribution < 1.29 is 9.90 Å². The van der Waals surface area contributed by atoms with Crippen molar-refractivity contribution in [1.29, 1.82) is 0 Å². The zero-order valence-electron chi connectivity index (χ0n) is 7.46. The van der Waals surface area contributed by atoms with E-state index in [-0.39, 0.29) is 12.3 Å². The second-order valence-corrected chi connectivity index (χ2v) is 3.45. The Bertz CT molecular complexity index is 164. The van der Waals surface area contributed by atoms with Gasteiger partial charge in [-0.15, -0.1) is 0 Å². The van der Waals surface area contributed by atoms with E-state index in [0.717, 1.165) is 6.42 Å². The minimum absolute atomic E-state index is 0.192. The molecule has 0 amide bonds. The van der Waals surface area contributed by atoms with Gasteiger partial charge in [0, 0.05) is 12.0 Å². The molecule has 0 aromatic carbocycles. The Balaban J connectivity index is 3.95. The van der Waals surface area contributed by atoms with Crippen LogP contribution in [0.1, 0.15) is 26.7 Å². The standard InChI is InChI=1S/C9H15ClO2/c1-7(2)8(4-3-5-10)6-9(11)12/h3,5,7-8H,4,6H2,1-2H3,(H,11,12)/b5-3+. The van der Waals surface area contributed by atoms with Crippen molar-refractivity contribution in [3.05, 3.63) is 11.6 Å². The molecule has 0 aliphatic rings. The quantitative estimate of drug-likeness (QED) is 0.724. The van der Waals surface area contributed by atoms with E-state index < -0.39 is 5.97 Å². The maximum atomic E-state index is 10.4. The van der Waals surface area contributed by atoms with Gasteiger partial charge in [-0.2, -0.15) is 0 Å². The summed E-state index contributed by atoms with van der Waals surface area (Å²) in [6, 6.07) is 0. The number of halogens is 1. The second-order valence-electron chi connectivity index (χ2n) is 3.20. The van der Waals surface area contributed by atoms with Crippen LogP contribution >= 0.6 is 11.6 Å². The Hall–Kier alpha value is -0.500. The number of carboxylic acids is 1. The molecule has 0 aromatic heterocycles. The van der Waals surface area contributed by atoms with Crippen molar-refractivity contribution in [3.8, 4) is 0 Å². The average molecular weight is 191 g/mol. The number of aliphatic carboxylic acids is 1. The summed E-state index contributed by atoms with van der Waals surface area (Å²) >= 11 is 5.36. The Morgan fingerprint density at radius 3 is 2.50 bits per heavy atom. The summed E-state index contributed by atoms with van der Waals surface area (Å²) in [7, 11) is 0. The molecular formula is C9H15ClO2. The summed E-state index contributed by atoms with van der Waals surface area (Å²) in [5, 5.41) is 8.58. The fourth-order valence-corrected chi connectivity index (χ4v) is 1.14. The number of hydrogen-bond donors (Lipinski definition) is 1. The molecule has 1 atom stereocenters. The molecule has 0 aliphatic carbocycles. The van der Waals surface area contributed by atoms with E-state index in [2.05, 4.69) is 0 Å². The third-order valence-corrected chi connectivity index (χ3v) is 2.09. The van der Waals surface area contributed by atoms with Gasteiger partial charge < -0.3 is 5.11 Å². The summed E-state index contributed by atoms with van der Waals surface area (Å²) in [4.78, 5) is 10.4. The van der Waals surface area contributed by atoms with Gasteiger partial charge in [0.05, 0.1) is 0 Å². The van der Waals surface area contributed by atoms with E-state index in [1.54, 1.807) is 6.08 Å². The molecule has 0 spiro atoms. The van der Waals surface area contributed by atoms with Crippen molar-refractivity contribution in [1.82, 2.24) is 0 Å². The Morgan fingerprint density at radius 1 is 1.58 bits per heavy atom. The molecule has 0 saturated heterocycles. The number of carbonyl (C=O) groups is 1. The van der Waals surface area contributed by atoms with Gasteiger partial charge in [0.15, 0.2) is 0 Å². The normalized spacial score (nSPS) is 14.0. The lowest BCUT2D eigenvalue weighted by atomic mass is 9.90. The number of rotatable bonds is 5. The summed E-state index contributed by atoms with van der Waals surface area (Å²) in [5.41, 5.74) is 1.44. The molecule has 70 valence electrons. The lowest BCUT2D eigenvalue weighted by Gasteiger charge is -2.16. The third-order valence-electron chi connectivity index (χ3n) is 1.91. The van der Waals surface area contributed by atoms with Crippen molar-refractivity contribution in [2.75, 3.05) is 0 Å². The monoisotopic (exact) mass is 190 g/mol. The number of hydrogen-bond acceptors (Lipinski definition) is 1. The molecular weight excluding hydrogens is 176 g/mol. The van der Waals surface area contributed by atoms with Gasteiger partial charge in [-0.25, -0.2) is 0 Å². The highest BCUT2D eigenvalue weighted by molar-refractivity contribution is 6.25. The first-order valence-electron chi connectivity index (χ1n) is 4.05. The van der Waals surface area contributed by atoms with Gasteiger partial charge in [-0.3, -0.25) is 4.79 Å². The molecule has 1 unspecified atom stereocenters. The van der Waals surface area contributed by atoms with Crippen LogP contribution in [0.5, 0.6) is 0 Å². The van der Waals surface area contributed by atoms with Gasteiger partial charge in [0.25, 0.3) is 0 Å². The first-order valence-corrected chi connectivity index (χ1v) is 4.48. The fraction of sp³-hybridized carbons (Fsp3) is 0.667. The highest BCUT2D eigenvalue weighted by Gasteiger charge is 2.15. The van der Waals surface area contributed by atoms with Gasteiger partial charge in [0.1, 0.15) is 0 Å². The predicted molar refractivity (Wildman–Crippen MR) is 50.2 cm³/mol. The van der Waals surface area contributed by atoms with Crippen LogP contribution in [0, 0.1) is 11.8 Å². The number of allylic oxidation sites excluding steroid dienone is 1. The number of carboxylic acid groups (broad SMARTS) is 1. The van der Waals surface area contributed by atoms with Crippen LogP contribution in [0.3, 0.4) is 0 Å². The SMILES string of the molecule is CC(C)C(C/C=C/Cl)CC(=O)O. The highest BCUT2D eigenvalue weighted by Crippen LogP contribution is 2.19. The zero-order valence-corrected chi connectivity index (χ0v) is 8.21. The lowest BCUT2D eigenvalue weighted by Crippen LogP contribution is -2.12. The second kappa shape index (κ2) is 6.06. The molecule has 0 saturated carbocycles. The van der Waals surface area contributed by atoms with E-state index in [9.17, 15) is 4.79 Å². The maximum absolute atomic E-state index is 10.4. The summed E-state index contributed by atoms with van der Waals surface area (Å²) in [6.45, 7) is 4.05. The Kier molecular flexibility index (Phi) is 5.81. The Labute approximate surface area is 78.2 Å². The summed E-state index contributed by atoms with van der Waals surface area (Å²) in [5.74, 6) is -0.164. The van der Waals surface area contributed by atoms with E-state index in [1.165, 1.54) is 5.54 Å². The van der Waals surface area contributed by atoms with Crippen molar-refractivity contribution in [3.63, 3.8) is 0 Å².